The van der Waals surface area contributed by atoms with Crippen LogP contribution in [0.1, 0.15) is 37.7 Å². The first-order chi connectivity index (χ1) is 10.3. The highest BCUT2D eigenvalue weighted by Crippen LogP contribution is 2.59. The SMILES string of the molecule is COc1cccc(CN(C)[C@@H]2C[C@@H]3C[C@H]2[C@@H]2CCC[C@H]32)c1. The maximum Gasteiger partial charge on any atom is 0.119 e. The van der Waals surface area contributed by atoms with Crippen molar-refractivity contribution in [3.63, 3.8) is 0 Å². The average Bonchev–Trinajstić information content (AvgIpc) is 3.19. The van der Waals surface area contributed by atoms with Crippen LogP contribution in [-0.2, 0) is 6.54 Å². The minimum Gasteiger partial charge on any atom is -0.497 e. The minimum absolute atomic E-state index is 0.820. The average molecular weight is 285 g/mol. The molecule has 3 fully saturated rings. The van der Waals surface area contributed by atoms with E-state index >= 15 is 0 Å². The molecule has 5 atom stereocenters. The van der Waals surface area contributed by atoms with Gasteiger partial charge >= 0.3 is 0 Å². The maximum absolute atomic E-state index is 5.35. The smallest absolute Gasteiger partial charge is 0.119 e. The molecule has 4 rings (SSSR count). The fraction of sp³-hybridized carbons (Fsp3) is 0.684. The van der Waals surface area contributed by atoms with Gasteiger partial charge in [0, 0.05) is 12.6 Å². The van der Waals surface area contributed by atoms with Crippen LogP contribution in [0, 0.1) is 23.7 Å². The van der Waals surface area contributed by atoms with Crippen molar-refractivity contribution in [3.8, 4) is 5.75 Å². The summed E-state index contributed by atoms with van der Waals surface area (Å²) in [5.41, 5.74) is 1.38. The number of rotatable bonds is 4. The van der Waals surface area contributed by atoms with Crippen LogP contribution in [0.5, 0.6) is 5.75 Å². The van der Waals surface area contributed by atoms with E-state index in [0.29, 0.717) is 0 Å². The van der Waals surface area contributed by atoms with Crippen LogP contribution >= 0.6 is 0 Å². The van der Waals surface area contributed by atoms with E-state index < -0.39 is 0 Å². The van der Waals surface area contributed by atoms with E-state index in [2.05, 4.69) is 30.1 Å². The predicted molar refractivity (Wildman–Crippen MR) is 85.3 cm³/mol. The Bertz CT molecular complexity index is 514. The van der Waals surface area contributed by atoms with Gasteiger partial charge in [-0.05, 0) is 74.1 Å². The molecule has 3 aliphatic carbocycles. The van der Waals surface area contributed by atoms with Crippen molar-refractivity contribution in [2.24, 2.45) is 23.7 Å². The summed E-state index contributed by atoms with van der Waals surface area (Å²) in [4.78, 5) is 2.62. The zero-order valence-corrected chi connectivity index (χ0v) is 13.3. The second-order valence-electron chi connectivity index (χ2n) is 7.49. The lowest BCUT2D eigenvalue weighted by Gasteiger charge is -2.37. The molecule has 0 radical (unpaired) electrons. The molecular weight excluding hydrogens is 258 g/mol. The molecular formula is C19H27NO. The van der Waals surface area contributed by atoms with E-state index in [0.717, 1.165) is 42.0 Å². The molecule has 1 aromatic rings. The summed E-state index contributed by atoms with van der Waals surface area (Å²) >= 11 is 0. The number of hydrogen-bond acceptors (Lipinski definition) is 2. The molecule has 0 heterocycles. The van der Waals surface area contributed by atoms with E-state index in [-0.39, 0.29) is 0 Å². The maximum atomic E-state index is 5.35. The van der Waals surface area contributed by atoms with Crippen molar-refractivity contribution in [2.75, 3.05) is 14.2 Å². The second kappa shape index (κ2) is 5.31. The molecule has 0 unspecified atom stereocenters. The standard InChI is InChI=1S/C19H27NO/c1-20(12-13-5-3-6-15(9-13)21-2)19-11-14-10-18(19)17-8-4-7-16(14)17/h3,5-6,9,14,16-19H,4,7-8,10-12H2,1-2H3/t14-,16+,17+,18-,19+/m0/s1. The molecule has 2 heteroatoms. The lowest BCUT2D eigenvalue weighted by Crippen LogP contribution is -2.40. The first-order valence-corrected chi connectivity index (χ1v) is 8.59. The Hall–Kier alpha value is -1.02. The number of nitrogens with zero attached hydrogens (tertiary/aromatic N) is 1. The monoisotopic (exact) mass is 285 g/mol. The van der Waals surface area contributed by atoms with Gasteiger partial charge in [-0.1, -0.05) is 18.6 Å². The number of ether oxygens (including phenoxy) is 1. The van der Waals surface area contributed by atoms with Crippen molar-refractivity contribution >= 4 is 0 Å². The topological polar surface area (TPSA) is 12.5 Å². The number of hydrogen-bond donors (Lipinski definition) is 0. The summed E-state index contributed by atoms with van der Waals surface area (Å²) in [5, 5.41) is 0. The van der Waals surface area contributed by atoms with E-state index in [1.807, 2.05) is 6.07 Å². The molecule has 21 heavy (non-hydrogen) atoms. The molecule has 0 aliphatic heterocycles. The summed E-state index contributed by atoms with van der Waals surface area (Å²) < 4.78 is 5.35. The van der Waals surface area contributed by atoms with Gasteiger partial charge in [-0.15, -0.1) is 0 Å². The van der Waals surface area contributed by atoms with Crippen LogP contribution in [0.4, 0.5) is 0 Å². The molecule has 2 bridgehead atoms. The Balaban J connectivity index is 1.45. The van der Waals surface area contributed by atoms with Gasteiger partial charge in [0.1, 0.15) is 5.75 Å². The quantitative estimate of drug-likeness (QED) is 0.830. The molecule has 0 amide bonds. The molecule has 0 N–H and O–H groups in total. The van der Waals surface area contributed by atoms with Crippen molar-refractivity contribution in [1.82, 2.24) is 4.90 Å². The summed E-state index contributed by atoms with van der Waals surface area (Å²) in [7, 11) is 4.08. The fourth-order valence-corrected chi connectivity index (χ4v) is 5.71. The summed E-state index contributed by atoms with van der Waals surface area (Å²) in [6.45, 7) is 1.06. The zero-order chi connectivity index (χ0) is 14.4. The molecule has 0 saturated heterocycles. The number of fused-ring (bicyclic) bond motifs is 5. The number of methoxy groups -OCH3 is 1. The third-order valence-electron chi connectivity index (χ3n) is 6.53. The first kappa shape index (κ1) is 13.6. The van der Waals surface area contributed by atoms with E-state index in [9.17, 15) is 0 Å². The van der Waals surface area contributed by atoms with Gasteiger partial charge in [0.15, 0.2) is 0 Å². The molecule has 114 valence electrons. The third-order valence-corrected chi connectivity index (χ3v) is 6.53. The molecule has 0 spiro atoms. The molecule has 1 aromatic carbocycles. The summed E-state index contributed by atoms with van der Waals surface area (Å²) in [5.74, 6) is 5.15. The van der Waals surface area contributed by atoms with Gasteiger partial charge in [-0.25, -0.2) is 0 Å². The molecule has 2 nitrogen and oxygen atoms in total. The highest BCUT2D eigenvalue weighted by molar-refractivity contribution is 5.28. The normalized spacial score (nSPS) is 37.2. The lowest BCUT2D eigenvalue weighted by molar-refractivity contribution is 0.111. The van der Waals surface area contributed by atoms with Crippen molar-refractivity contribution < 1.29 is 4.74 Å². The summed E-state index contributed by atoms with van der Waals surface area (Å²) in [6.07, 6.45) is 7.50. The number of benzene rings is 1. The van der Waals surface area contributed by atoms with Gasteiger partial charge in [0.05, 0.1) is 7.11 Å². The Morgan fingerprint density at radius 3 is 2.86 bits per heavy atom. The summed E-state index contributed by atoms with van der Waals surface area (Å²) in [6, 6.07) is 9.37. The highest BCUT2D eigenvalue weighted by Gasteiger charge is 2.54. The van der Waals surface area contributed by atoms with Crippen LogP contribution in [-0.4, -0.2) is 25.1 Å². The zero-order valence-electron chi connectivity index (χ0n) is 13.3. The molecule has 3 saturated carbocycles. The molecule has 3 aliphatic rings. The van der Waals surface area contributed by atoms with Gasteiger partial charge in [0.25, 0.3) is 0 Å². The lowest BCUT2D eigenvalue weighted by atomic mass is 9.78. The Morgan fingerprint density at radius 2 is 2.00 bits per heavy atom. The van der Waals surface area contributed by atoms with Gasteiger partial charge in [-0.2, -0.15) is 0 Å². The van der Waals surface area contributed by atoms with Crippen LogP contribution < -0.4 is 4.74 Å². The third kappa shape index (κ3) is 2.28. The van der Waals surface area contributed by atoms with Gasteiger partial charge < -0.3 is 4.74 Å². The molecule has 0 aromatic heterocycles. The first-order valence-electron chi connectivity index (χ1n) is 8.59. The van der Waals surface area contributed by atoms with Crippen LogP contribution in [0.3, 0.4) is 0 Å². The van der Waals surface area contributed by atoms with Crippen molar-refractivity contribution in [3.05, 3.63) is 29.8 Å². The van der Waals surface area contributed by atoms with Crippen LogP contribution in [0.25, 0.3) is 0 Å². The Labute approximate surface area is 128 Å². The van der Waals surface area contributed by atoms with Crippen LogP contribution in [0.2, 0.25) is 0 Å². The second-order valence-corrected chi connectivity index (χ2v) is 7.49. The van der Waals surface area contributed by atoms with Crippen LogP contribution in [0.15, 0.2) is 24.3 Å². The van der Waals surface area contributed by atoms with Gasteiger partial charge in [0.2, 0.25) is 0 Å². The van der Waals surface area contributed by atoms with Crippen molar-refractivity contribution in [1.29, 1.82) is 0 Å². The fourth-order valence-electron chi connectivity index (χ4n) is 5.71. The Morgan fingerprint density at radius 1 is 1.14 bits per heavy atom. The highest BCUT2D eigenvalue weighted by atomic mass is 16.5. The predicted octanol–water partition coefficient (Wildman–Crippen LogP) is 3.95. The van der Waals surface area contributed by atoms with Gasteiger partial charge in [-0.3, -0.25) is 4.90 Å². The minimum atomic E-state index is 0.820. The van der Waals surface area contributed by atoms with E-state index in [1.54, 1.807) is 7.11 Å². The Kier molecular flexibility index (Phi) is 3.45. The van der Waals surface area contributed by atoms with Crippen molar-refractivity contribution in [2.45, 2.75) is 44.7 Å². The largest absolute Gasteiger partial charge is 0.497 e. The van der Waals surface area contributed by atoms with E-state index in [4.69, 9.17) is 4.74 Å². The van der Waals surface area contributed by atoms with E-state index in [1.165, 1.54) is 37.7 Å².